The Bertz CT molecular complexity index is 1090. The van der Waals surface area contributed by atoms with Crippen molar-refractivity contribution in [2.24, 2.45) is 0 Å². The molecule has 3 aromatic rings. The van der Waals surface area contributed by atoms with E-state index in [-0.39, 0.29) is 31.0 Å². The Labute approximate surface area is 203 Å². The number of halogens is 1. The highest BCUT2D eigenvalue weighted by Gasteiger charge is 2.27. The predicted octanol–water partition coefficient (Wildman–Crippen LogP) is 2.74. The summed E-state index contributed by atoms with van der Waals surface area (Å²) in [5.41, 5.74) is 8.82. The highest BCUT2D eigenvalue weighted by Crippen LogP contribution is 2.24. The molecule has 1 fully saturated rings. The van der Waals surface area contributed by atoms with E-state index in [9.17, 15) is 9.90 Å². The molecule has 2 aromatic heterocycles. The van der Waals surface area contributed by atoms with Gasteiger partial charge < -0.3 is 20.5 Å². The zero-order valence-corrected chi connectivity index (χ0v) is 19.8. The third kappa shape index (κ3) is 5.42. The number of rotatable bonds is 5. The smallest absolute Gasteiger partial charge is 0.270 e. The lowest BCUT2D eigenvalue weighted by Gasteiger charge is -2.28. The van der Waals surface area contributed by atoms with Gasteiger partial charge in [-0.2, -0.15) is 0 Å². The van der Waals surface area contributed by atoms with E-state index < -0.39 is 6.10 Å². The largest absolute Gasteiger partial charge is 0.389 e. The Balaban J connectivity index is 0.00000259. The van der Waals surface area contributed by atoms with Crippen LogP contribution in [-0.4, -0.2) is 52.9 Å². The van der Waals surface area contributed by atoms with Gasteiger partial charge in [-0.15, -0.1) is 23.7 Å². The quantitative estimate of drug-likeness (QED) is 0.513. The molecule has 7 nitrogen and oxygen atoms in total. The van der Waals surface area contributed by atoms with Crippen LogP contribution in [0.25, 0.3) is 11.3 Å². The summed E-state index contributed by atoms with van der Waals surface area (Å²) in [5.74, 6) is -0.246. The van der Waals surface area contributed by atoms with Crippen molar-refractivity contribution in [3.63, 3.8) is 0 Å². The van der Waals surface area contributed by atoms with Crippen molar-refractivity contribution in [1.82, 2.24) is 20.6 Å². The maximum Gasteiger partial charge on any atom is 0.270 e. The number of nitrogens with one attached hydrogen (secondary N) is 2. The first-order valence-electron chi connectivity index (χ1n) is 10.9. The third-order valence-corrected chi connectivity index (χ3v) is 6.69. The van der Waals surface area contributed by atoms with E-state index in [0.717, 1.165) is 41.9 Å². The van der Waals surface area contributed by atoms with Crippen molar-refractivity contribution in [1.29, 1.82) is 0 Å². The normalized spacial score (nSPS) is 19.9. The number of aromatic nitrogens is 2. The van der Waals surface area contributed by atoms with E-state index >= 15 is 0 Å². The molecule has 2 atom stereocenters. The highest BCUT2D eigenvalue weighted by atomic mass is 35.5. The van der Waals surface area contributed by atoms with Crippen molar-refractivity contribution >= 4 is 29.7 Å². The molecule has 33 heavy (non-hydrogen) atoms. The molecule has 0 saturated carbocycles. The number of benzene rings is 1. The second-order valence-electron chi connectivity index (χ2n) is 8.28. The number of amides is 1. The van der Waals surface area contributed by atoms with Crippen LogP contribution in [0, 0.1) is 0 Å². The maximum atomic E-state index is 13.0. The first kappa shape index (κ1) is 23.8. The molecular formula is C24H27ClN4O3S. The second-order valence-corrected chi connectivity index (χ2v) is 9.00. The number of carbonyl (C=O) groups is 1. The minimum Gasteiger partial charge on any atom is -0.389 e. The molecule has 9 heteroatoms. The summed E-state index contributed by atoms with van der Waals surface area (Å²) in [6.07, 6.45) is 1.54. The molecule has 0 aliphatic carbocycles. The zero-order valence-electron chi connectivity index (χ0n) is 18.1. The summed E-state index contributed by atoms with van der Waals surface area (Å²) < 4.78 is 5.26. The van der Waals surface area contributed by atoms with E-state index in [1.54, 1.807) is 11.3 Å². The van der Waals surface area contributed by atoms with Crippen LogP contribution in [0.4, 0.5) is 0 Å². The van der Waals surface area contributed by atoms with Gasteiger partial charge in [0.2, 0.25) is 0 Å². The lowest BCUT2D eigenvalue weighted by Crippen LogP contribution is -2.49. The first-order chi connectivity index (χ1) is 15.7. The van der Waals surface area contributed by atoms with Gasteiger partial charge in [0.25, 0.3) is 5.91 Å². The summed E-state index contributed by atoms with van der Waals surface area (Å²) in [7, 11) is 0. The van der Waals surface area contributed by atoms with E-state index in [0.29, 0.717) is 25.3 Å². The number of aliphatic hydroxyl groups excluding tert-OH is 1. The molecule has 1 aromatic carbocycles. The van der Waals surface area contributed by atoms with Gasteiger partial charge in [0, 0.05) is 24.1 Å². The number of pyridine rings is 1. The molecule has 0 bridgehead atoms. The topological polar surface area (TPSA) is 96.4 Å². The number of nitrogens with zero attached hydrogens (tertiary/aromatic N) is 2. The molecular weight excluding hydrogens is 460 g/mol. The SMILES string of the molecule is Cl.O=C(N[C@H]1CCOC[C@H]1O)c1cc(Cc2ccc(-c3cscn3)cc2)c2c(n1)CNCC2. The number of thiazole rings is 1. The average molecular weight is 487 g/mol. The summed E-state index contributed by atoms with van der Waals surface area (Å²) in [5, 5.41) is 18.5. The Morgan fingerprint density at radius 2 is 2.15 bits per heavy atom. The van der Waals surface area contributed by atoms with Crippen LogP contribution in [-0.2, 0) is 24.1 Å². The van der Waals surface area contributed by atoms with E-state index in [2.05, 4.69) is 44.9 Å². The third-order valence-electron chi connectivity index (χ3n) is 6.10. The molecule has 0 spiro atoms. The molecule has 3 N–H and O–H groups in total. The number of hydrogen-bond acceptors (Lipinski definition) is 7. The second kappa shape index (κ2) is 10.7. The van der Waals surface area contributed by atoms with Crippen molar-refractivity contribution in [3.8, 4) is 11.3 Å². The van der Waals surface area contributed by atoms with Gasteiger partial charge in [0.05, 0.1) is 35.7 Å². The van der Waals surface area contributed by atoms with Crippen LogP contribution >= 0.6 is 23.7 Å². The first-order valence-corrected chi connectivity index (χ1v) is 11.9. The number of ether oxygens (including phenoxy) is 1. The lowest BCUT2D eigenvalue weighted by atomic mass is 9.93. The van der Waals surface area contributed by atoms with Crippen molar-refractivity contribution < 1.29 is 14.6 Å². The summed E-state index contributed by atoms with van der Waals surface area (Å²) >= 11 is 1.59. The fourth-order valence-electron chi connectivity index (χ4n) is 4.33. The summed E-state index contributed by atoms with van der Waals surface area (Å²) in [6.45, 7) is 2.34. The van der Waals surface area contributed by atoms with Crippen LogP contribution in [0.15, 0.2) is 41.2 Å². The molecule has 5 rings (SSSR count). The Morgan fingerprint density at radius 1 is 1.30 bits per heavy atom. The number of aliphatic hydroxyl groups is 1. The highest BCUT2D eigenvalue weighted by molar-refractivity contribution is 7.07. The van der Waals surface area contributed by atoms with Crippen LogP contribution in [0.3, 0.4) is 0 Å². The lowest BCUT2D eigenvalue weighted by molar-refractivity contribution is -0.0261. The van der Waals surface area contributed by atoms with Crippen LogP contribution in [0.1, 0.15) is 39.3 Å². The molecule has 4 heterocycles. The van der Waals surface area contributed by atoms with Crippen LogP contribution < -0.4 is 10.6 Å². The van der Waals surface area contributed by atoms with Gasteiger partial charge in [0.1, 0.15) is 5.69 Å². The number of fused-ring (bicyclic) bond motifs is 1. The zero-order chi connectivity index (χ0) is 21.9. The van der Waals surface area contributed by atoms with Gasteiger partial charge in [-0.3, -0.25) is 4.79 Å². The van der Waals surface area contributed by atoms with Crippen LogP contribution in [0.2, 0.25) is 0 Å². The Morgan fingerprint density at radius 3 is 2.91 bits per heavy atom. The van der Waals surface area contributed by atoms with Gasteiger partial charge in [-0.05, 0) is 48.6 Å². The van der Waals surface area contributed by atoms with E-state index in [1.165, 1.54) is 11.1 Å². The van der Waals surface area contributed by atoms with Gasteiger partial charge in [-0.1, -0.05) is 24.3 Å². The predicted molar refractivity (Wildman–Crippen MR) is 130 cm³/mol. The van der Waals surface area contributed by atoms with E-state index in [4.69, 9.17) is 4.74 Å². The summed E-state index contributed by atoms with van der Waals surface area (Å²) in [6, 6.07) is 10.1. The Hall–Kier alpha value is -2.36. The fourth-order valence-corrected chi connectivity index (χ4v) is 4.89. The maximum absolute atomic E-state index is 13.0. The van der Waals surface area contributed by atoms with Gasteiger partial charge in [0.15, 0.2) is 0 Å². The minimum atomic E-state index is -0.692. The molecule has 174 valence electrons. The van der Waals surface area contributed by atoms with Gasteiger partial charge >= 0.3 is 0 Å². The molecule has 2 aliphatic heterocycles. The van der Waals surface area contributed by atoms with E-state index in [1.807, 2.05) is 17.0 Å². The monoisotopic (exact) mass is 486 g/mol. The fraction of sp³-hybridized carbons (Fsp3) is 0.375. The number of carbonyl (C=O) groups excluding carboxylic acids is 1. The molecule has 1 amide bonds. The van der Waals surface area contributed by atoms with Crippen molar-refractivity contribution in [2.45, 2.75) is 38.0 Å². The summed E-state index contributed by atoms with van der Waals surface area (Å²) in [4.78, 5) is 22.0. The minimum absolute atomic E-state index is 0. The van der Waals surface area contributed by atoms with Crippen molar-refractivity contribution in [3.05, 3.63) is 69.3 Å². The molecule has 0 radical (unpaired) electrons. The standard InChI is InChI=1S/C24H26N4O3S.ClH/c29-23-12-31-8-6-19(23)28-24(30)20-10-17(18-5-7-25-11-21(18)27-20)9-15-1-3-16(4-2-15)22-13-32-14-26-22;/h1-4,10,13-14,19,23,25,29H,5-9,11-12H2,(H,28,30);1H/t19-,23+;/m0./s1. The van der Waals surface area contributed by atoms with Gasteiger partial charge in [-0.25, -0.2) is 9.97 Å². The van der Waals surface area contributed by atoms with Crippen molar-refractivity contribution in [2.75, 3.05) is 19.8 Å². The molecule has 1 saturated heterocycles. The molecule has 2 aliphatic rings. The average Bonchev–Trinajstić information content (AvgIpc) is 3.36. The number of hydrogen-bond donors (Lipinski definition) is 3. The van der Waals surface area contributed by atoms with Crippen LogP contribution in [0.5, 0.6) is 0 Å². The Kier molecular flexibility index (Phi) is 7.72. The molecule has 0 unspecified atom stereocenters.